The highest BCUT2D eigenvalue weighted by molar-refractivity contribution is 9.10. The second-order valence-electron chi connectivity index (χ2n) is 5.39. The maximum absolute atomic E-state index is 4.63. The topological polar surface area (TPSA) is 29.0 Å². The van der Waals surface area contributed by atoms with Crippen molar-refractivity contribution in [2.75, 3.05) is 18.0 Å². The Balaban J connectivity index is 2.07. The number of hydrogen-bond acceptors (Lipinski definition) is 3. The van der Waals surface area contributed by atoms with Crippen LogP contribution in [0.5, 0.6) is 0 Å². The van der Waals surface area contributed by atoms with Crippen molar-refractivity contribution in [2.45, 2.75) is 40.0 Å². The molecule has 0 saturated carbocycles. The van der Waals surface area contributed by atoms with Gasteiger partial charge in [0.2, 0.25) is 0 Å². The number of piperidine rings is 1. The largest absolute Gasteiger partial charge is 0.356 e. The third kappa shape index (κ3) is 3.22. The van der Waals surface area contributed by atoms with E-state index in [-0.39, 0.29) is 0 Å². The van der Waals surface area contributed by atoms with Crippen molar-refractivity contribution in [3.05, 3.63) is 16.5 Å². The molecule has 0 unspecified atom stereocenters. The van der Waals surface area contributed by atoms with Crippen molar-refractivity contribution < 1.29 is 0 Å². The number of anilines is 1. The van der Waals surface area contributed by atoms with Gasteiger partial charge in [0.25, 0.3) is 0 Å². The summed E-state index contributed by atoms with van der Waals surface area (Å²) >= 11 is 3.48. The average Bonchev–Trinajstić information content (AvgIpc) is 2.38. The fourth-order valence-corrected chi connectivity index (χ4v) is 2.98. The number of aryl methyl sites for hydroxylation is 1. The monoisotopic (exact) mass is 311 g/mol. The predicted molar refractivity (Wildman–Crippen MR) is 78.9 cm³/mol. The smallest absolute Gasteiger partial charge is 0.133 e. The van der Waals surface area contributed by atoms with Gasteiger partial charge in [0.1, 0.15) is 16.2 Å². The molecule has 1 aromatic rings. The van der Waals surface area contributed by atoms with Crippen molar-refractivity contribution in [1.82, 2.24) is 9.97 Å². The van der Waals surface area contributed by atoms with E-state index in [1.807, 2.05) is 6.07 Å². The van der Waals surface area contributed by atoms with E-state index < -0.39 is 0 Å². The Morgan fingerprint density at radius 3 is 2.56 bits per heavy atom. The van der Waals surface area contributed by atoms with Crippen molar-refractivity contribution in [2.24, 2.45) is 11.8 Å². The van der Waals surface area contributed by atoms with Crippen LogP contribution in [0.2, 0.25) is 0 Å². The van der Waals surface area contributed by atoms with Crippen molar-refractivity contribution >= 4 is 21.7 Å². The molecular weight excluding hydrogens is 290 g/mol. The van der Waals surface area contributed by atoms with Crippen LogP contribution >= 0.6 is 15.9 Å². The first-order chi connectivity index (χ1) is 8.60. The molecule has 2 heterocycles. The molecule has 2 rings (SSSR count). The molecule has 0 amide bonds. The van der Waals surface area contributed by atoms with Gasteiger partial charge in [-0.1, -0.05) is 20.8 Å². The van der Waals surface area contributed by atoms with Crippen LogP contribution in [0.4, 0.5) is 5.82 Å². The van der Waals surface area contributed by atoms with Gasteiger partial charge in [-0.3, -0.25) is 0 Å². The lowest BCUT2D eigenvalue weighted by Gasteiger charge is -2.34. The normalized spacial score (nSPS) is 17.5. The van der Waals surface area contributed by atoms with E-state index >= 15 is 0 Å². The van der Waals surface area contributed by atoms with Crippen molar-refractivity contribution in [3.8, 4) is 0 Å². The van der Waals surface area contributed by atoms with Crippen molar-refractivity contribution in [3.63, 3.8) is 0 Å². The molecule has 1 saturated heterocycles. The Labute approximate surface area is 118 Å². The van der Waals surface area contributed by atoms with Gasteiger partial charge in [-0.25, -0.2) is 9.97 Å². The quantitative estimate of drug-likeness (QED) is 0.797. The Morgan fingerprint density at radius 2 is 2.00 bits per heavy atom. The summed E-state index contributed by atoms with van der Waals surface area (Å²) in [5.74, 6) is 3.67. The highest BCUT2D eigenvalue weighted by Crippen LogP contribution is 2.27. The van der Waals surface area contributed by atoms with Crippen LogP contribution in [-0.2, 0) is 6.42 Å². The summed E-state index contributed by atoms with van der Waals surface area (Å²) in [6, 6.07) is 2.04. The minimum absolute atomic E-state index is 0.801. The molecular formula is C14H22BrN3. The minimum atomic E-state index is 0.801. The van der Waals surface area contributed by atoms with Crippen LogP contribution in [-0.4, -0.2) is 23.1 Å². The number of hydrogen-bond donors (Lipinski definition) is 0. The highest BCUT2D eigenvalue weighted by Gasteiger charge is 2.22. The van der Waals surface area contributed by atoms with Gasteiger partial charge in [-0.05, 0) is 40.6 Å². The van der Waals surface area contributed by atoms with Gasteiger partial charge in [-0.2, -0.15) is 0 Å². The third-order valence-corrected chi connectivity index (χ3v) is 4.26. The summed E-state index contributed by atoms with van der Waals surface area (Å²) in [5, 5.41) is 0. The molecule has 1 aromatic heterocycles. The molecule has 0 spiro atoms. The van der Waals surface area contributed by atoms with Crippen molar-refractivity contribution in [1.29, 1.82) is 0 Å². The zero-order valence-corrected chi connectivity index (χ0v) is 13.1. The lowest BCUT2D eigenvalue weighted by Crippen LogP contribution is -2.35. The van der Waals surface area contributed by atoms with E-state index in [1.165, 1.54) is 12.8 Å². The van der Waals surface area contributed by atoms with E-state index in [9.17, 15) is 0 Å². The van der Waals surface area contributed by atoms with Gasteiger partial charge in [0.05, 0.1) is 0 Å². The van der Waals surface area contributed by atoms with E-state index in [0.29, 0.717) is 0 Å². The molecule has 0 N–H and O–H groups in total. The maximum Gasteiger partial charge on any atom is 0.133 e. The summed E-state index contributed by atoms with van der Waals surface area (Å²) in [4.78, 5) is 11.4. The van der Waals surface area contributed by atoms with E-state index in [2.05, 4.69) is 51.6 Å². The van der Waals surface area contributed by atoms with Crippen LogP contribution in [0, 0.1) is 11.8 Å². The zero-order chi connectivity index (χ0) is 13.1. The predicted octanol–water partition coefficient (Wildman–Crippen LogP) is 3.67. The second kappa shape index (κ2) is 6.00. The van der Waals surface area contributed by atoms with Gasteiger partial charge in [0, 0.05) is 25.6 Å². The Morgan fingerprint density at radius 1 is 1.33 bits per heavy atom. The maximum atomic E-state index is 4.63. The molecule has 100 valence electrons. The van der Waals surface area contributed by atoms with Gasteiger partial charge in [0.15, 0.2) is 0 Å². The minimum Gasteiger partial charge on any atom is -0.356 e. The van der Waals surface area contributed by atoms with E-state index in [4.69, 9.17) is 0 Å². The fourth-order valence-electron chi connectivity index (χ4n) is 2.57. The number of aromatic nitrogens is 2. The van der Waals surface area contributed by atoms with Crippen LogP contribution in [0.15, 0.2) is 10.7 Å². The molecule has 1 aliphatic heterocycles. The number of rotatable bonds is 3. The Bertz CT molecular complexity index is 398. The standard InChI is InChI=1S/C14H22BrN3/c1-4-13-16-12(15)9-14(17-13)18-7-5-11(6-8-18)10(2)3/h9-11H,4-8H2,1-3H3. The molecule has 4 heteroatoms. The Kier molecular flexibility index (Phi) is 4.60. The summed E-state index contributed by atoms with van der Waals surface area (Å²) in [5.41, 5.74) is 0. The van der Waals surface area contributed by atoms with E-state index in [0.717, 1.165) is 47.6 Å². The lowest BCUT2D eigenvalue weighted by molar-refractivity contribution is 0.310. The average molecular weight is 312 g/mol. The SMILES string of the molecule is CCc1nc(Br)cc(N2CCC(C(C)C)CC2)n1. The first-order valence-corrected chi connectivity index (χ1v) is 7.68. The number of halogens is 1. The summed E-state index contributed by atoms with van der Waals surface area (Å²) < 4.78 is 0.898. The van der Waals surface area contributed by atoms with Crippen LogP contribution in [0.3, 0.4) is 0 Å². The molecule has 0 aliphatic carbocycles. The van der Waals surface area contributed by atoms with E-state index in [1.54, 1.807) is 0 Å². The van der Waals surface area contributed by atoms with Crippen LogP contribution in [0.1, 0.15) is 39.4 Å². The molecule has 0 aromatic carbocycles. The molecule has 18 heavy (non-hydrogen) atoms. The molecule has 1 aliphatic rings. The zero-order valence-electron chi connectivity index (χ0n) is 11.5. The lowest BCUT2D eigenvalue weighted by atomic mass is 9.87. The van der Waals surface area contributed by atoms with Crippen LogP contribution in [0.25, 0.3) is 0 Å². The van der Waals surface area contributed by atoms with Gasteiger partial charge >= 0.3 is 0 Å². The highest BCUT2D eigenvalue weighted by atomic mass is 79.9. The molecule has 0 bridgehead atoms. The summed E-state index contributed by atoms with van der Waals surface area (Å²) in [7, 11) is 0. The molecule has 1 fully saturated rings. The molecule has 0 atom stereocenters. The third-order valence-electron chi connectivity index (χ3n) is 3.85. The Hall–Kier alpha value is -0.640. The first-order valence-electron chi connectivity index (χ1n) is 6.88. The molecule has 3 nitrogen and oxygen atoms in total. The second-order valence-corrected chi connectivity index (χ2v) is 6.20. The van der Waals surface area contributed by atoms with Crippen LogP contribution < -0.4 is 4.90 Å². The van der Waals surface area contributed by atoms with Gasteiger partial charge in [-0.15, -0.1) is 0 Å². The molecule has 0 radical (unpaired) electrons. The first kappa shape index (κ1) is 13.8. The fraction of sp³-hybridized carbons (Fsp3) is 0.714. The summed E-state index contributed by atoms with van der Waals surface area (Å²) in [6.45, 7) is 9.00. The summed E-state index contributed by atoms with van der Waals surface area (Å²) in [6.07, 6.45) is 3.44. The van der Waals surface area contributed by atoms with Gasteiger partial charge < -0.3 is 4.90 Å². The number of nitrogens with zero attached hydrogens (tertiary/aromatic N) is 3.